The lowest BCUT2D eigenvalue weighted by atomic mass is 9.80. The van der Waals surface area contributed by atoms with Crippen LogP contribution in [0.5, 0.6) is 0 Å². The third-order valence-corrected chi connectivity index (χ3v) is 3.65. The van der Waals surface area contributed by atoms with E-state index in [0.717, 1.165) is 30.2 Å². The second-order valence-corrected chi connectivity index (χ2v) is 5.04. The molecule has 0 amide bonds. The van der Waals surface area contributed by atoms with E-state index in [4.69, 9.17) is 10.2 Å². The molecule has 0 spiro atoms. The molecule has 1 aromatic heterocycles. The Morgan fingerprint density at radius 3 is 2.94 bits per heavy atom. The molecule has 1 aliphatic carbocycles. The van der Waals surface area contributed by atoms with Crippen LogP contribution in [-0.4, -0.2) is 11.1 Å². The minimum atomic E-state index is -0.878. The van der Waals surface area contributed by atoms with E-state index in [1.54, 1.807) is 0 Å². The van der Waals surface area contributed by atoms with Crippen molar-refractivity contribution in [2.45, 2.75) is 37.3 Å². The van der Waals surface area contributed by atoms with Crippen molar-refractivity contribution in [3.05, 3.63) is 36.1 Å². The van der Waals surface area contributed by atoms with Gasteiger partial charge in [-0.2, -0.15) is 0 Å². The van der Waals surface area contributed by atoms with Gasteiger partial charge in [-0.05, 0) is 37.8 Å². The van der Waals surface area contributed by atoms with Crippen LogP contribution in [0.25, 0.3) is 11.0 Å². The molecule has 0 bridgehead atoms. The monoisotopic (exact) mass is 231 g/mol. The highest BCUT2D eigenvalue weighted by atomic mass is 16.4. The summed E-state index contributed by atoms with van der Waals surface area (Å²) in [6.45, 7) is 0. The van der Waals surface area contributed by atoms with Gasteiger partial charge in [-0.25, -0.2) is 0 Å². The highest BCUT2D eigenvalue weighted by Crippen LogP contribution is 2.38. The van der Waals surface area contributed by atoms with Gasteiger partial charge < -0.3 is 15.3 Å². The van der Waals surface area contributed by atoms with E-state index in [1.807, 2.05) is 30.3 Å². The maximum absolute atomic E-state index is 10.6. The average Bonchev–Trinajstić information content (AvgIpc) is 2.73. The predicted octanol–water partition coefficient (Wildman–Crippen LogP) is 2.52. The minimum absolute atomic E-state index is 0.0713. The topological polar surface area (TPSA) is 59.4 Å². The van der Waals surface area contributed by atoms with Gasteiger partial charge in [-0.15, -0.1) is 0 Å². The molecule has 2 aromatic rings. The molecule has 0 aliphatic heterocycles. The first-order valence-electron chi connectivity index (χ1n) is 6.14. The van der Waals surface area contributed by atoms with Crippen LogP contribution in [0.1, 0.15) is 31.4 Å². The predicted molar refractivity (Wildman–Crippen MR) is 66.6 cm³/mol. The Labute approximate surface area is 100 Å². The summed E-state index contributed by atoms with van der Waals surface area (Å²) in [4.78, 5) is 0. The lowest BCUT2D eigenvalue weighted by Gasteiger charge is -2.33. The molecular formula is C14H17NO2. The van der Waals surface area contributed by atoms with E-state index < -0.39 is 5.60 Å². The van der Waals surface area contributed by atoms with E-state index in [1.165, 1.54) is 0 Å². The number of furan rings is 1. The molecule has 3 rings (SSSR count). The largest absolute Gasteiger partial charge is 0.458 e. The third-order valence-electron chi connectivity index (χ3n) is 3.65. The molecule has 1 fully saturated rings. The van der Waals surface area contributed by atoms with Crippen molar-refractivity contribution in [2.75, 3.05) is 0 Å². The fourth-order valence-corrected chi connectivity index (χ4v) is 2.73. The van der Waals surface area contributed by atoms with E-state index in [2.05, 4.69) is 0 Å². The summed E-state index contributed by atoms with van der Waals surface area (Å²) in [6, 6.07) is 9.83. The van der Waals surface area contributed by atoms with Crippen LogP contribution < -0.4 is 5.73 Å². The van der Waals surface area contributed by atoms with E-state index in [-0.39, 0.29) is 6.04 Å². The van der Waals surface area contributed by atoms with Crippen molar-refractivity contribution in [3.63, 3.8) is 0 Å². The van der Waals surface area contributed by atoms with Gasteiger partial charge in [0.15, 0.2) is 0 Å². The van der Waals surface area contributed by atoms with Gasteiger partial charge in [-0.1, -0.05) is 18.2 Å². The molecule has 2 atom stereocenters. The summed E-state index contributed by atoms with van der Waals surface area (Å²) in [5.74, 6) is 0.661. The van der Waals surface area contributed by atoms with Crippen molar-refractivity contribution in [1.29, 1.82) is 0 Å². The zero-order chi connectivity index (χ0) is 11.9. The molecule has 90 valence electrons. The molecule has 1 aliphatic rings. The summed E-state index contributed by atoms with van der Waals surface area (Å²) in [5.41, 5.74) is 5.89. The summed E-state index contributed by atoms with van der Waals surface area (Å²) in [5, 5.41) is 11.7. The van der Waals surface area contributed by atoms with Crippen molar-refractivity contribution in [3.8, 4) is 0 Å². The average molecular weight is 231 g/mol. The number of para-hydroxylation sites is 1. The number of hydrogen-bond donors (Lipinski definition) is 2. The second kappa shape index (κ2) is 3.86. The number of benzene rings is 1. The molecule has 0 radical (unpaired) electrons. The lowest BCUT2D eigenvalue weighted by molar-refractivity contribution is -0.0246. The smallest absolute Gasteiger partial charge is 0.136 e. The van der Waals surface area contributed by atoms with E-state index in [0.29, 0.717) is 12.2 Å². The molecule has 3 heteroatoms. The molecule has 17 heavy (non-hydrogen) atoms. The summed E-state index contributed by atoms with van der Waals surface area (Å²) >= 11 is 0. The zero-order valence-electron chi connectivity index (χ0n) is 9.73. The molecule has 2 unspecified atom stereocenters. The van der Waals surface area contributed by atoms with Crippen molar-refractivity contribution in [2.24, 2.45) is 5.73 Å². The maximum atomic E-state index is 10.6. The fourth-order valence-electron chi connectivity index (χ4n) is 2.73. The fraction of sp³-hybridized carbons (Fsp3) is 0.429. The molecule has 1 heterocycles. The standard InChI is InChI=1S/C14H17NO2/c15-11-5-3-7-14(16,9-11)13-8-10-4-1-2-6-12(10)17-13/h1-2,4,6,8,11,16H,3,5,7,9,15H2. The normalized spacial score (nSPS) is 29.6. The summed E-state index contributed by atoms with van der Waals surface area (Å²) in [7, 11) is 0. The summed E-state index contributed by atoms with van der Waals surface area (Å²) in [6.07, 6.45) is 3.27. The first kappa shape index (κ1) is 10.8. The van der Waals surface area contributed by atoms with E-state index in [9.17, 15) is 5.11 Å². The molecule has 1 saturated carbocycles. The van der Waals surface area contributed by atoms with Crippen LogP contribution in [0.15, 0.2) is 34.7 Å². The molecule has 0 saturated heterocycles. The first-order chi connectivity index (χ1) is 8.17. The Balaban J connectivity index is 2.02. The first-order valence-corrected chi connectivity index (χ1v) is 6.14. The Morgan fingerprint density at radius 1 is 1.35 bits per heavy atom. The van der Waals surface area contributed by atoms with Crippen LogP contribution in [0.3, 0.4) is 0 Å². The Kier molecular flexibility index (Phi) is 2.45. The van der Waals surface area contributed by atoms with Crippen LogP contribution in [0.4, 0.5) is 0 Å². The van der Waals surface area contributed by atoms with Crippen molar-refractivity contribution < 1.29 is 9.52 Å². The minimum Gasteiger partial charge on any atom is -0.458 e. The quantitative estimate of drug-likeness (QED) is 0.792. The van der Waals surface area contributed by atoms with Crippen molar-refractivity contribution >= 4 is 11.0 Å². The van der Waals surface area contributed by atoms with Crippen molar-refractivity contribution in [1.82, 2.24) is 0 Å². The Hall–Kier alpha value is -1.32. The Morgan fingerprint density at radius 2 is 2.18 bits per heavy atom. The molecule has 1 aromatic carbocycles. The Bertz CT molecular complexity index is 501. The second-order valence-electron chi connectivity index (χ2n) is 5.04. The van der Waals surface area contributed by atoms with Gasteiger partial charge in [0.25, 0.3) is 0 Å². The highest BCUT2D eigenvalue weighted by Gasteiger charge is 2.37. The zero-order valence-corrected chi connectivity index (χ0v) is 9.73. The van der Waals surface area contributed by atoms with E-state index >= 15 is 0 Å². The number of rotatable bonds is 1. The summed E-state index contributed by atoms with van der Waals surface area (Å²) < 4.78 is 5.75. The number of fused-ring (bicyclic) bond motifs is 1. The van der Waals surface area contributed by atoms with Gasteiger partial charge in [0.2, 0.25) is 0 Å². The van der Waals surface area contributed by atoms with Crippen LogP contribution in [0.2, 0.25) is 0 Å². The maximum Gasteiger partial charge on any atom is 0.136 e. The molecular weight excluding hydrogens is 214 g/mol. The van der Waals surface area contributed by atoms with Gasteiger partial charge in [0.1, 0.15) is 16.9 Å². The number of nitrogens with two attached hydrogens (primary N) is 1. The molecule has 3 nitrogen and oxygen atoms in total. The number of hydrogen-bond acceptors (Lipinski definition) is 3. The van der Waals surface area contributed by atoms with Crippen LogP contribution in [-0.2, 0) is 5.60 Å². The number of aliphatic hydroxyl groups is 1. The van der Waals surface area contributed by atoms with Crippen LogP contribution in [0, 0.1) is 0 Å². The van der Waals surface area contributed by atoms with Gasteiger partial charge in [-0.3, -0.25) is 0 Å². The van der Waals surface area contributed by atoms with Gasteiger partial charge >= 0.3 is 0 Å². The SMILES string of the molecule is NC1CCCC(O)(c2cc3ccccc3o2)C1. The van der Waals surface area contributed by atoms with Crippen LogP contribution >= 0.6 is 0 Å². The molecule has 3 N–H and O–H groups in total. The third kappa shape index (κ3) is 1.85. The van der Waals surface area contributed by atoms with Gasteiger partial charge in [0.05, 0.1) is 0 Å². The highest BCUT2D eigenvalue weighted by molar-refractivity contribution is 5.77. The van der Waals surface area contributed by atoms with Gasteiger partial charge in [0, 0.05) is 11.4 Å². The lowest BCUT2D eigenvalue weighted by Crippen LogP contribution is -2.38.